The fraction of sp³-hybridized carbons (Fsp3) is 0.200. The third-order valence-electron chi connectivity index (χ3n) is 3.15. The number of carbonyl (C=O) groups is 1. The van der Waals surface area contributed by atoms with Crippen molar-refractivity contribution in [1.82, 2.24) is 4.57 Å². The first kappa shape index (κ1) is 15.6. The Balaban J connectivity index is 2.26. The standard InChI is InChI=1S/C15H14Cl2N2O2/c1-9-4-3-7-19(15(9)21)10(2)14(20)18-13-8-11(16)5-6-12(13)17/h3-8,10H,1-2H3,(H,18,20). The number of anilines is 1. The second-order valence-corrected chi connectivity index (χ2v) is 5.54. The highest BCUT2D eigenvalue weighted by molar-refractivity contribution is 6.35. The fourth-order valence-corrected chi connectivity index (χ4v) is 2.22. The normalized spacial score (nSPS) is 12.0. The summed E-state index contributed by atoms with van der Waals surface area (Å²) in [7, 11) is 0. The van der Waals surface area contributed by atoms with Gasteiger partial charge in [-0.1, -0.05) is 29.3 Å². The van der Waals surface area contributed by atoms with E-state index in [9.17, 15) is 9.59 Å². The van der Waals surface area contributed by atoms with Crippen molar-refractivity contribution < 1.29 is 4.79 Å². The number of aryl methyl sites for hydroxylation is 1. The number of hydrogen-bond acceptors (Lipinski definition) is 2. The van der Waals surface area contributed by atoms with Crippen LogP contribution in [0.4, 0.5) is 5.69 Å². The maximum Gasteiger partial charge on any atom is 0.254 e. The molecule has 0 saturated carbocycles. The third kappa shape index (κ3) is 3.46. The highest BCUT2D eigenvalue weighted by atomic mass is 35.5. The minimum absolute atomic E-state index is 0.197. The molecule has 1 N–H and O–H groups in total. The summed E-state index contributed by atoms with van der Waals surface area (Å²) in [5, 5.41) is 3.53. The van der Waals surface area contributed by atoms with Crippen molar-refractivity contribution in [2.45, 2.75) is 19.9 Å². The Bertz CT molecular complexity index is 741. The predicted octanol–water partition coefficient (Wildman–Crippen LogP) is 3.66. The van der Waals surface area contributed by atoms with Gasteiger partial charge in [-0.2, -0.15) is 0 Å². The number of amides is 1. The topological polar surface area (TPSA) is 51.1 Å². The summed E-state index contributed by atoms with van der Waals surface area (Å²) in [6.45, 7) is 3.35. The second kappa shape index (κ2) is 6.33. The van der Waals surface area contributed by atoms with Crippen LogP contribution < -0.4 is 10.9 Å². The Hall–Kier alpha value is -1.78. The van der Waals surface area contributed by atoms with Crippen LogP contribution in [0.1, 0.15) is 18.5 Å². The quantitative estimate of drug-likeness (QED) is 0.936. The molecule has 1 atom stereocenters. The van der Waals surface area contributed by atoms with Crippen LogP contribution in [0.15, 0.2) is 41.3 Å². The first-order valence-electron chi connectivity index (χ1n) is 6.34. The van der Waals surface area contributed by atoms with Crippen LogP contribution in [0.5, 0.6) is 0 Å². The van der Waals surface area contributed by atoms with Crippen LogP contribution in [0.3, 0.4) is 0 Å². The van der Waals surface area contributed by atoms with Gasteiger partial charge in [0.05, 0.1) is 10.7 Å². The molecule has 0 aliphatic heterocycles. The van der Waals surface area contributed by atoms with E-state index < -0.39 is 6.04 Å². The van der Waals surface area contributed by atoms with Gasteiger partial charge >= 0.3 is 0 Å². The Morgan fingerprint density at radius 3 is 2.71 bits per heavy atom. The van der Waals surface area contributed by atoms with Gasteiger partial charge in [0.15, 0.2) is 0 Å². The van der Waals surface area contributed by atoms with E-state index in [-0.39, 0.29) is 11.5 Å². The van der Waals surface area contributed by atoms with Gasteiger partial charge in [-0.15, -0.1) is 0 Å². The zero-order valence-corrected chi connectivity index (χ0v) is 13.1. The molecule has 2 rings (SSSR count). The highest BCUT2D eigenvalue weighted by Crippen LogP contribution is 2.26. The fourth-order valence-electron chi connectivity index (χ4n) is 1.88. The van der Waals surface area contributed by atoms with E-state index in [0.29, 0.717) is 21.3 Å². The summed E-state index contributed by atoms with van der Waals surface area (Å²) < 4.78 is 1.38. The molecule has 6 heteroatoms. The van der Waals surface area contributed by atoms with Crippen LogP contribution in [0.2, 0.25) is 10.0 Å². The second-order valence-electron chi connectivity index (χ2n) is 4.69. The van der Waals surface area contributed by atoms with Crippen molar-refractivity contribution in [1.29, 1.82) is 0 Å². The highest BCUT2D eigenvalue weighted by Gasteiger charge is 2.17. The van der Waals surface area contributed by atoms with Crippen molar-refractivity contribution in [3.05, 3.63) is 62.5 Å². The maximum absolute atomic E-state index is 12.3. The lowest BCUT2D eigenvalue weighted by atomic mass is 10.2. The summed E-state index contributed by atoms with van der Waals surface area (Å²) in [6.07, 6.45) is 1.58. The number of aromatic nitrogens is 1. The number of nitrogens with zero attached hydrogens (tertiary/aromatic N) is 1. The molecular formula is C15H14Cl2N2O2. The van der Waals surface area contributed by atoms with Crippen molar-refractivity contribution in [2.24, 2.45) is 0 Å². The monoisotopic (exact) mass is 324 g/mol. The van der Waals surface area contributed by atoms with E-state index >= 15 is 0 Å². The molecule has 1 heterocycles. The molecule has 0 fully saturated rings. The molecule has 0 saturated heterocycles. The Labute approximate surface area is 132 Å². The van der Waals surface area contributed by atoms with Crippen LogP contribution in [-0.4, -0.2) is 10.5 Å². The number of nitrogens with one attached hydrogen (secondary N) is 1. The molecule has 1 aromatic heterocycles. The van der Waals surface area contributed by atoms with Gasteiger partial charge in [-0.05, 0) is 38.1 Å². The molecule has 1 aromatic carbocycles. The summed E-state index contributed by atoms with van der Waals surface area (Å²) >= 11 is 11.9. The van der Waals surface area contributed by atoms with E-state index in [0.717, 1.165) is 0 Å². The molecule has 0 spiro atoms. The van der Waals surface area contributed by atoms with Gasteiger partial charge in [0.25, 0.3) is 5.56 Å². The largest absolute Gasteiger partial charge is 0.323 e. The smallest absolute Gasteiger partial charge is 0.254 e. The number of rotatable bonds is 3. The lowest BCUT2D eigenvalue weighted by Crippen LogP contribution is -2.32. The van der Waals surface area contributed by atoms with Crippen molar-refractivity contribution >= 4 is 34.8 Å². The predicted molar refractivity (Wildman–Crippen MR) is 85.2 cm³/mol. The third-order valence-corrected chi connectivity index (χ3v) is 3.71. The van der Waals surface area contributed by atoms with E-state index in [1.165, 1.54) is 4.57 Å². The first-order valence-corrected chi connectivity index (χ1v) is 7.09. The van der Waals surface area contributed by atoms with Gasteiger partial charge in [0.2, 0.25) is 5.91 Å². The number of halogens is 2. The van der Waals surface area contributed by atoms with E-state index in [2.05, 4.69) is 5.32 Å². The van der Waals surface area contributed by atoms with Gasteiger partial charge in [0.1, 0.15) is 6.04 Å². The van der Waals surface area contributed by atoms with Gasteiger partial charge in [-0.25, -0.2) is 0 Å². The molecule has 0 bridgehead atoms. The number of benzene rings is 1. The lowest BCUT2D eigenvalue weighted by Gasteiger charge is -2.16. The number of pyridine rings is 1. The lowest BCUT2D eigenvalue weighted by molar-refractivity contribution is -0.118. The van der Waals surface area contributed by atoms with Crippen LogP contribution in [0.25, 0.3) is 0 Å². The van der Waals surface area contributed by atoms with E-state index in [1.807, 2.05) is 0 Å². The summed E-state index contributed by atoms with van der Waals surface area (Å²) in [5.41, 5.74) is 0.803. The molecule has 0 aliphatic carbocycles. The summed E-state index contributed by atoms with van der Waals surface area (Å²) in [4.78, 5) is 24.3. The van der Waals surface area contributed by atoms with Crippen LogP contribution >= 0.6 is 23.2 Å². The average molecular weight is 325 g/mol. The molecule has 4 nitrogen and oxygen atoms in total. The van der Waals surface area contributed by atoms with Crippen LogP contribution in [0, 0.1) is 6.92 Å². The van der Waals surface area contributed by atoms with E-state index in [4.69, 9.17) is 23.2 Å². The van der Waals surface area contributed by atoms with Gasteiger partial charge < -0.3 is 9.88 Å². The molecule has 0 aliphatic rings. The molecule has 1 unspecified atom stereocenters. The van der Waals surface area contributed by atoms with Crippen molar-refractivity contribution in [3.63, 3.8) is 0 Å². The maximum atomic E-state index is 12.3. The zero-order chi connectivity index (χ0) is 15.6. The first-order chi connectivity index (χ1) is 9.90. The minimum atomic E-state index is -0.660. The van der Waals surface area contributed by atoms with E-state index in [1.54, 1.807) is 50.4 Å². The van der Waals surface area contributed by atoms with Crippen molar-refractivity contribution in [3.8, 4) is 0 Å². The number of hydrogen-bond donors (Lipinski definition) is 1. The molecule has 0 radical (unpaired) electrons. The summed E-state index contributed by atoms with van der Waals surface area (Å²) in [5.74, 6) is -0.341. The van der Waals surface area contributed by atoms with Crippen LogP contribution in [-0.2, 0) is 4.79 Å². The average Bonchev–Trinajstić information content (AvgIpc) is 2.45. The minimum Gasteiger partial charge on any atom is -0.323 e. The van der Waals surface area contributed by atoms with Crippen molar-refractivity contribution in [2.75, 3.05) is 5.32 Å². The number of carbonyl (C=O) groups excluding carboxylic acids is 1. The Kier molecular flexibility index (Phi) is 4.70. The molecule has 21 heavy (non-hydrogen) atoms. The molecular weight excluding hydrogens is 311 g/mol. The Morgan fingerprint density at radius 2 is 2.00 bits per heavy atom. The Morgan fingerprint density at radius 1 is 1.29 bits per heavy atom. The molecule has 2 aromatic rings. The molecule has 110 valence electrons. The van der Waals surface area contributed by atoms with Gasteiger partial charge in [0, 0.05) is 16.8 Å². The zero-order valence-electron chi connectivity index (χ0n) is 11.6. The SMILES string of the molecule is Cc1cccn(C(C)C(=O)Nc2cc(Cl)ccc2Cl)c1=O. The summed E-state index contributed by atoms with van der Waals surface area (Å²) in [6, 6.07) is 7.57. The van der Waals surface area contributed by atoms with Gasteiger partial charge in [-0.3, -0.25) is 9.59 Å². The molecule has 1 amide bonds.